The Morgan fingerprint density at radius 3 is 2.77 bits per heavy atom. The molecule has 10 heteroatoms. The quantitative estimate of drug-likeness (QED) is 0.475. The molecule has 31 heavy (non-hydrogen) atoms. The number of hydrogen-bond acceptors (Lipinski definition) is 7. The third kappa shape index (κ3) is 3.74. The van der Waals surface area contributed by atoms with E-state index in [1.54, 1.807) is 42.9 Å². The fraction of sp³-hybridized carbons (Fsp3) is 0.429. The van der Waals surface area contributed by atoms with E-state index in [4.69, 9.17) is 0 Å². The molecule has 3 heterocycles. The van der Waals surface area contributed by atoms with Crippen molar-refractivity contribution in [1.29, 1.82) is 0 Å². The number of hydrogen-bond donors (Lipinski definition) is 4. The van der Waals surface area contributed by atoms with Crippen molar-refractivity contribution in [3.8, 4) is 0 Å². The lowest BCUT2D eigenvalue weighted by molar-refractivity contribution is -0.0486. The minimum absolute atomic E-state index is 0.0198. The summed E-state index contributed by atoms with van der Waals surface area (Å²) in [5, 5.41) is 23.4. The number of aromatic nitrogens is 4. The molecule has 0 unspecified atom stereocenters. The zero-order valence-corrected chi connectivity index (χ0v) is 18.0. The highest BCUT2D eigenvalue weighted by molar-refractivity contribution is 6.00. The number of rotatable bonds is 6. The van der Waals surface area contributed by atoms with Crippen molar-refractivity contribution in [2.45, 2.75) is 51.3 Å². The molecule has 1 amide bonds. The molecule has 0 radical (unpaired) electrons. The van der Waals surface area contributed by atoms with Crippen LogP contribution in [0.5, 0.6) is 0 Å². The summed E-state index contributed by atoms with van der Waals surface area (Å²) >= 11 is 0. The van der Waals surface area contributed by atoms with Crippen molar-refractivity contribution in [2.24, 2.45) is 0 Å². The average Bonchev–Trinajstić information content (AvgIpc) is 3.16. The van der Waals surface area contributed by atoms with Gasteiger partial charge in [-0.1, -0.05) is 0 Å². The fourth-order valence-corrected chi connectivity index (χ4v) is 3.69. The van der Waals surface area contributed by atoms with Gasteiger partial charge < -0.3 is 25.6 Å². The van der Waals surface area contributed by atoms with Gasteiger partial charge >= 0.3 is 0 Å². The summed E-state index contributed by atoms with van der Waals surface area (Å²) in [5.74, 6) is 0.650. The van der Waals surface area contributed by atoms with Crippen molar-refractivity contribution in [3.63, 3.8) is 0 Å². The van der Waals surface area contributed by atoms with Crippen LogP contribution >= 0.6 is 0 Å². The molecule has 1 fully saturated rings. The number of nitrogens with zero attached hydrogens (tertiary/aromatic N) is 4. The summed E-state index contributed by atoms with van der Waals surface area (Å²) < 4.78 is 3.15. The fourth-order valence-electron chi connectivity index (χ4n) is 3.69. The lowest BCUT2D eigenvalue weighted by Gasteiger charge is -2.42. The third-order valence-electron chi connectivity index (χ3n) is 5.76. The van der Waals surface area contributed by atoms with E-state index in [9.17, 15) is 14.7 Å². The first kappa shape index (κ1) is 20.9. The Bertz CT molecular complexity index is 1200. The Hall–Kier alpha value is -3.40. The standard InChI is InChI=1S/C21H27N7O3/c1-12(2)27-9-5-6-14(20(27)30)24-16-10-17(22-4)28-18(26-16)13(11-23-28)19(29)25-15-7-8-21(15,3)31/h5-6,9-12,15,22,31H,7-8H2,1-4H3,(H,24,26)(H,25,29)/t15-,21+/m0/s1. The summed E-state index contributed by atoms with van der Waals surface area (Å²) in [6.45, 7) is 5.58. The van der Waals surface area contributed by atoms with Gasteiger partial charge in [-0.25, -0.2) is 4.98 Å². The van der Waals surface area contributed by atoms with Gasteiger partial charge in [0.2, 0.25) is 0 Å². The summed E-state index contributed by atoms with van der Waals surface area (Å²) in [7, 11) is 1.74. The van der Waals surface area contributed by atoms with E-state index in [-0.39, 0.29) is 29.1 Å². The van der Waals surface area contributed by atoms with E-state index in [1.165, 1.54) is 10.7 Å². The van der Waals surface area contributed by atoms with Gasteiger partial charge in [0.05, 0.1) is 17.8 Å². The smallest absolute Gasteiger partial charge is 0.274 e. The van der Waals surface area contributed by atoms with Gasteiger partial charge in [-0.05, 0) is 45.7 Å². The van der Waals surface area contributed by atoms with Gasteiger partial charge in [0.1, 0.15) is 22.9 Å². The number of carbonyl (C=O) groups excluding carboxylic acids is 1. The van der Waals surface area contributed by atoms with Crippen LogP contribution in [0.4, 0.5) is 17.3 Å². The maximum Gasteiger partial charge on any atom is 0.274 e. The summed E-state index contributed by atoms with van der Waals surface area (Å²) in [6, 6.07) is 4.91. The van der Waals surface area contributed by atoms with E-state index in [0.717, 1.165) is 6.42 Å². The number of aliphatic hydroxyl groups is 1. The topological polar surface area (TPSA) is 126 Å². The van der Waals surface area contributed by atoms with Crippen LogP contribution in [0.1, 0.15) is 50.0 Å². The van der Waals surface area contributed by atoms with E-state index < -0.39 is 5.60 Å². The van der Waals surface area contributed by atoms with Crippen LogP contribution in [0.15, 0.2) is 35.4 Å². The molecule has 1 aliphatic rings. The zero-order chi connectivity index (χ0) is 22.3. The summed E-state index contributed by atoms with van der Waals surface area (Å²) in [4.78, 5) is 30.1. The normalized spacial score (nSPS) is 20.5. The molecule has 10 nitrogen and oxygen atoms in total. The van der Waals surface area contributed by atoms with E-state index in [1.807, 2.05) is 13.8 Å². The molecule has 0 saturated heterocycles. The second kappa shape index (κ2) is 7.69. The molecule has 1 aliphatic carbocycles. The molecule has 3 aromatic rings. The summed E-state index contributed by atoms with van der Waals surface area (Å²) in [5.41, 5.74) is -0.0603. The Morgan fingerprint density at radius 1 is 1.39 bits per heavy atom. The average molecular weight is 425 g/mol. The number of anilines is 3. The molecular weight excluding hydrogens is 398 g/mol. The first-order valence-corrected chi connectivity index (χ1v) is 10.3. The number of amides is 1. The van der Waals surface area contributed by atoms with Gasteiger partial charge in [-0.3, -0.25) is 9.59 Å². The number of fused-ring (bicyclic) bond motifs is 1. The first-order chi connectivity index (χ1) is 14.7. The van der Waals surface area contributed by atoms with Crippen molar-refractivity contribution in [3.05, 3.63) is 46.5 Å². The second-order valence-electron chi connectivity index (χ2n) is 8.35. The van der Waals surface area contributed by atoms with Crippen LogP contribution in [0.25, 0.3) is 5.65 Å². The Morgan fingerprint density at radius 2 is 2.16 bits per heavy atom. The minimum Gasteiger partial charge on any atom is -0.388 e. The van der Waals surface area contributed by atoms with Crippen LogP contribution in [0.3, 0.4) is 0 Å². The highest BCUT2D eigenvalue weighted by Gasteiger charge is 2.42. The van der Waals surface area contributed by atoms with Crippen LogP contribution in [-0.4, -0.2) is 48.9 Å². The van der Waals surface area contributed by atoms with E-state index in [0.29, 0.717) is 29.4 Å². The molecule has 0 aromatic carbocycles. The molecule has 1 saturated carbocycles. The third-order valence-corrected chi connectivity index (χ3v) is 5.76. The highest BCUT2D eigenvalue weighted by Crippen LogP contribution is 2.32. The van der Waals surface area contributed by atoms with Crippen LogP contribution in [-0.2, 0) is 0 Å². The largest absolute Gasteiger partial charge is 0.388 e. The van der Waals surface area contributed by atoms with Crippen molar-refractivity contribution >= 4 is 28.9 Å². The Kier molecular flexibility index (Phi) is 5.18. The SMILES string of the molecule is CNc1cc(Nc2cccn(C(C)C)c2=O)nc2c(C(=O)N[C@H]3CC[C@@]3(C)O)cnn12. The van der Waals surface area contributed by atoms with E-state index in [2.05, 4.69) is 26.0 Å². The number of carbonyl (C=O) groups is 1. The van der Waals surface area contributed by atoms with Gasteiger partial charge in [-0.2, -0.15) is 9.61 Å². The van der Waals surface area contributed by atoms with Gasteiger partial charge in [0, 0.05) is 25.4 Å². The molecule has 0 spiro atoms. The Balaban J connectivity index is 1.70. The number of pyridine rings is 1. The molecule has 164 valence electrons. The minimum atomic E-state index is -0.904. The maximum atomic E-state index is 12.8. The van der Waals surface area contributed by atoms with Crippen LogP contribution in [0.2, 0.25) is 0 Å². The predicted octanol–water partition coefficient (Wildman–Crippen LogP) is 1.90. The second-order valence-corrected chi connectivity index (χ2v) is 8.35. The molecule has 2 atom stereocenters. The molecular formula is C21H27N7O3. The first-order valence-electron chi connectivity index (χ1n) is 10.3. The van der Waals surface area contributed by atoms with Crippen LogP contribution in [0, 0.1) is 0 Å². The molecule has 0 aliphatic heterocycles. The van der Waals surface area contributed by atoms with Crippen molar-refractivity contribution < 1.29 is 9.90 Å². The molecule has 4 rings (SSSR count). The van der Waals surface area contributed by atoms with Gasteiger partial charge in [-0.15, -0.1) is 0 Å². The van der Waals surface area contributed by atoms with Crippen LogP contribution < -0.4 is 21.5 Å². The maximum absolute atomic E-state index is 12.8. The van der Waals surface area contributed by atoms with E-state index >= 15 is 0 Å². The molecule has 4 N–H and O–H groups in total. The Labute approximate surface area is 179 Å². The lowest BCUT2D eigenvalue weighted by atomic mass is 9.76. The predicted molar refractivity (Wildman–Crippen MR) is 118 cm³/mol. The highest BCUT2D eigenvalue weighted by atomic mass is 16.3. The monoisotopic (exact) mass is 425 g/mol. The van der Waals surface area contributed by atoms with Crippen molar-refractivity contribution in [2.75, 3.05) is 17.7 Å². The lowest BCUT2D eigenvalue weighted by Crippen LogP contribution is -2.58. The number of nitrogens with one attached hydrogen (secondary N) is 3. The summed E-state index contributed by atoms with van der Waals surface area (Å²) in [6.07, 6.45) is 4.55. The van der Waals surface area contributed by atoms with Gasteiger partial charge in [0.15, 0.2) is 5.65 Å². The van der Waals surface area contributed by atoms with Gasteiger partial charge in [0.25, 0.3) is 11.5 Å². The molecule has 3 aromatic heterocycles. The van der Waals surface area contributed by atoms with Crippen molar-refractivity contribution in [1.82, 2.24) is 24.5 Å². The molecule has 0 bridgehead atoms. The zero-order valence-electron chi connectivity index (χ0n) is 18.0.